The summed E-state index contributed by atoms with van der Waals surface area (Å²) in [6.45, 7) is 3.76. The van der Waals surface area contributed by atoms with Crippen molar-refractivity contribution in [2.45, 2.75) is 26.3 Å². The van der Waals surface area contributed by atoms with E-state index < -0.39 is 0 Å². The van der Waals surface area contributed by atoms with Crippen LogP contribution in [0.2, 0.25) is 0 Å². The van der Waals surface area contributed by atoms with Gasteiger partial charge in [0.1, 0.15) is 5.82 Å². The Morgan fingerprint density at radius 2 is 2.19 bits per heavy atom. The molecule has 0 saturated carbocycles. The number of hydrogen-bond acceptors (Lipinski definition) is 3. The quantitative estimate of drug-likeness (QED) is 0.862. The van der Waals surface area contributed by atoms with Crippen molar-refractivity contribution < 1.29 is 0 Å². The van der Waals surface area contributed by atoms with Gasteiger partial charge in [0.05, 0.1) is 6.54 Å². The number of aryl methyl sites for hydroxylation is 1. The normalized spacial score (nSPS) is 10.9. The fourth-order valence-corrected chi connectivity index (χ4v) is 2.66. The number of nitrogens with zero attached hydrogens (tertiary/aromatic N) is 2. The lowest BCUT2D eigenvalue weighted by Gasteiger charge is -2.04. The summed E-state index contributed by atoms with van der Waals surface area (Å²) in [7, 11) is 0. The van der Waals surface area contributed by atoms with Gasteiger partial charge in [-0.1, -0.05) is 6.92 Å². The van der Waals surface area contributed by atoms with Crippen molar-refractivity contribution in [3.8, 4) is 0 Å². The number of nitrogens with two attached hydrogens (primary N) is 1. The summed E-state index contributed by atoms with van der Waals surface area (Å²) in [5.74, 6) is 1.08. The predicted octanol–water partition coefficient (Wildman–Crippen LogP) is 2.06. The monoisotopic (exact) mass is 235 g/mol. The maximum atomic E-state index is 5.56. The second-order valence-electron chi connectivity index (χ2n) is 3.73. The molecule has 0 aliphatic rings. The van der Waals surface area contributed by atoms with E-state index in [9.17, 15) is 0 Å². The van der Waals surface area contributed by atoms with Crippen molar-refractivity contribution in [1.29, 1.82) is 0 Å². The van der Waals surface area contributed by atoms with Gasteiger partial charge >= 0.3 is 0 Å². The summed E-state index contributed by atoms with van der Waals surface area (Å²) in [4.78, 5) is 7.14. The Labute approximate surface area is 99.9 Å². The molecule has 2 heterocycles. The average Bonchev–Trinajstić information content (AvgIpc) is 2.90. The van der Waals surface area contributed by atoms with Crippen LogP contribution in [0.15, 0.2) is 24.5 Å². The lowest BCUT2D eigenvalue weighted by molar-refractivity contribution is 0.723. The highest BCUT2D eigenvalue weighted by Crippen LogP contribution is 2.18. The van der Waals surface area contributed by atoms with Crippen LogP contribution >= 0.6 is 11.3 Å². The molecule has 0 aliphatic carbocycles. The third-order valence-corrected chi connectivity index (χ3v) is 3.78. The lowest BCUT2D eigenvalue weighted by atomic mass is 10.3. The largest absolute Gasteiger partial charge is 0.330 e. The Morgan fingerprint density at radius 3 is 2.88 bits per heavy atom. The molecule has 0 radical (unpaired) electrons. The van der Waals surface area contributed by atoms with Gasteiger partial charge in [-0.25, -0.2) is 4.98 Å². The van der Waals surface area contributed by atoms with Gasteiger partial charge in [-0.15, -0.1) is 11.3 Å². The summed E-state index contributed by atoms with van der Waals surface area (Å²) in [5, 5.41) is 0. The standard InChI is InChI=1S/C12H17N3S/c1-2-10-3-4-11(16-10)9-15-8-7-14-12(15)5-6-13/h3-4,7-8H,2,5-6,9,13H2,1H3. The van der Waals surface area contributed by atoms with Gasteiger partial charge in [0, 0.05) is 28.6 Å². The van der Waals surface area contributed by atoms with Gasteiger partial charge in [0.25, 0.3) is 0 Å². The molecular weight excluding hydrogens is 218 g/mol. The molecule has 0 aliphatic heterocycles. The van der Waals surface area contributed by atoms with E-state index in [-0.39, 0.29) is 0 Å². The van der Waals surface area contributed by atoms with Crippen LogP contribution in [0.4, 0.5) is 0 Å². The number of thiophene rings is 1. The molecular formula is C12H17N3S. The first-order valence-corrected chi connectivity index (χ1v) is 6.42. The number of rotatable bonds is 5. The maximum absolute atomic E-state index is 5.56. The molecule has 0 fully saturated rings. The second kappa shape index (κ2) is 5.27. The summed E-state index contributed by atoms with van der Waals surface area (Å²) >= 11 is 1.88. The second-order valence-corrected chi connectivity index (χ2v) is 4.98. The highest BCUT2D eigenvalue weighted by Gasteiger charge is 2.04. The fourth-order valence-electron chi connectivity index (χ4n) is 1.71. The molecule has 4 heteroatoms. The highest BCUT2D eigenvalue weighted by molar-refractivity contribution is 7.11. The van der Waals surface area contributed by atoms with E-state index in [0.717, 1.165) is 25.2 Å². The molecule has 86 valence electrons. The van der Waals surface area contributed by atoms with Gasteiger partial charge in [0.15, 0.2) is 0 Å². The van der Waals surface area contributed by atoms with E-state index >= 15 is 0 Å². The number of aromatic nitrogens is 2. The van der Waals surface area contributed by atoms with E-state index in [0.29, 0.717) is 6.54 Å². The first-order valence-electron chi connectivity index (χ1n) is 5.61. The lowest BCUT2D eigenvalue weighted by Crippen LogP contribution is -2.09. The number of hydrogen-bond donors (Lipinski definition) is 1. The zero-order valence-corrected chi connectivity index (χ0v) is 10.3. The fraction of sp³-hybridized carbons (Fsp3) is 0.417. The Morgan fingerprint density at radius 1 is 1.38 bits per heavy atom. The minimum atomic E-state index is 0.654. The average molecular weight is 235 g/mol. The SMILES string of the molecule is CCc1ccc(Cn2ccnc2CCN)s1. The van der Waals surface area contributed by atoms with Gasteiger partial charge < -0.3 is 10.3 Å². The van der Waals surface area contributed by atoms with E-state index in [1.54, 1.807) is 0 Å². The molecule has 0 saturated heterocycles. The smallest absolute Gasteiger partial charge is 0.110 e. The molecule has 2 aromatic heterocycles. The molecule has 0 bridgehead atoms. The molecule has 0 amide bonds. The summed E-state index contributed by atoms with van der Waals surface area (Å²) < 4.78 is 2.18. The molecule has 2 rings (SSSR count). The summed E-state index contributed by atoms with van der Waals surface area (Å²) in [6.07, 6.45) is 5.83. The summed E-state index contributed by atoms with van der Waals surface area (Å²) in [5.41, 5.74) is 5.56. The molecule has 2 aromatic rings. The first kappa shape index (κ1) is 11.4. The molecule has 0 aromatic carbocycles. The van der Waals surface area contributed by atoms with Crippen LogP contribution in [0.5, 0.6) is 0 Å². The van der Waals surface area contributed by atoms with Crippen molar-refractivity contribution in [2.75, 3.05) is 6.54 Å². The van der Waals surface area contributed by atoms with Gasteiger partial charge in [-0.05, 0) is 25.1 Å². The molecule has 16 heavy (non-hydrogen) atoms. The highest BCUT2D eigenvalue weighted by atomic mass is 32.1. The van der Waals surface area contributed by atoms with Crippen molar-refractivity contribution in [3.05, 3.63) is 40.1 Å². The topological polar surface area (TPSA) is 43.8 Å². The Balaban J connectivity index is 2.10. The third-order valence-electron chi connectivity index (χ3n) is 2.56. The zero-order chi connectivity index (χ0) is 11.4. The van der Waals surface area contributed by atoms with E-state index in [2.05, 4.69) is 28.6 Å². The van der Waals surface area contributed by atoms with Crippen LogP contribution in [0.1, 0.15) is 22.5 Å². The van der Waals surface area contributed by atoms with Crippen molar-refractivity contribution >= 4 is 11.3 Å². The molecule has 2 N–H and O–H groups in total. The van der Waals surface area contributed by atoms with E-state index in [1.807, 2.05) is 23.7 Å². The third kappa shape index (κ3) is 2.51. The van der Waals surface area contributed by atoms with Crippen LogP contribution in [0.3, 0.4) is 0 Å². The van der Waals surface area contributed by atoms with Crippen LogP contribution in [-0.2, 0) is 19.4 Å². The van der Waals surface area contributed by atoms with Gasteiger partial charge in [0.2, 0.25) is 0 Å². The van der Waals surface area contributed by atoms with Gasteiger partial charge in [-0.2, -0.15) is 0 Å². The van der Waals surface area contributed by atoms with E-state index in [4.69, 9.17) is 5.73 Å². The van der Waals surface area contributed by atoms with Crippen molar-refractivity contribution in [3.63, 3.8) is 0 Å². The van der Waals surface area contributed by atoms with Crippen molar-refractivity contribution in [1.82, 2.24) is 9.55 Å². The molecule has 0 atom stereocenters. The Bertz CT molecular complexity index is 445. The predicted molar refractivity (Wildman–Crippen MR) is 67.8 cm³/mol. The zero-order valence-electron chi connectivity index (χ0n) is 9.52. The van der Waals surface area contributed by atoms with Crippen LogP contribution in [-0.4, -0.2) is 16.1 Å². The minimum absolute atomic E-state index is 0.654. The Hall–Kier alpha value is -1.13. The molecule has 0 unspecified atom stereocenters. The van der Waals surface area contributed by atoms with Crippen LogP contribution < -0.4 is 5.73 Å². The van der Waals surface area contributed by atoms with Crippen molar-refractivity contribution in [2.24, 2.45) is 5.73 Å². The minimum Gasteiger partial charge on any atom is -0.330 e. The molecule has 0 spiro atoms. The van der Waals surface area contributed by atoms with Gasteiger partial charge in [-0.3, -0.25) is 0 Å². The van der Waals surface area contributed by atoms with Crippen LogP contribution in [0.25, 0.3) is 0 Å². The van der Waals surface area contributed by atoms with E-state index in [1.165, 1.54) is 9.75 Å². The maximum Gasteiger partial charge on any atom is 0.110 e. The Kier molecular flexibility index (Phi) is 3.74. The van der Waals surface area contributed by atoms with Crippen LogP contribution in [0, 0.1) is 0 Å². The first-order chi connectivity index (χ1) is 7.83. The number of imidazole rings is 1. The molecule has 3 nitrogen and oxygen atoms in total. The summed E-state index contributed by atoms with van der Waals surface area (Å²) in [6, 6.07) is 4.41.